The average Bonchev–Trinajstić information content (AvgIpc) is 3.63. The Labute approximate surface area is 227 Å². The molecule has 1 saturated heterocycles. The molecule has 6 aromatic rings. The first-order valence-corrected chi connectivity index (χ1v) is 13.0. The summed E-state index contributed by atoms with van der Waals surface area (Å²) in [6.07, 6.45) is 3.38. The summed E-state index contributed by atoms with van der Waals surface area (Å²) in [5, 5.41) is 19.4. The number of likely N-dealkylation sites (tertiary alicyclic amines) is 1. The van der Waals surface area contributed by atoms with Crippen molar-refractivity contribution in [3.8, 4) is 39.4 Å². The lowest BCUT2D eigenvalue weighted by molar-refractivity contribution is 0.0115. The molecule has 0 amide bonds. The highest BCUT2D eigenvalue weighted by Crippen LogP contribution is 2.36. The van der Waals surface area contributed by atoms with Crippen molar-refractivity contribution in [2.45, 2.75) is 18.9 Å². The molecule has 0 spiro atoms. The van der Waals surface area contributed by atoms with Gasteiger partial charge in [-0.3, -0.25) is 15.0 Å². The summed E-state index contributed by atoms with van der Waals surface area (Å²) in [5.41, 5.74) is 7.29. The van der Waals surface area contributed by atoms with Crippen molar-refractivity contribution in [3.63, 3.8) is 0 Å². The monoisotopic (exact) mass is 539 g/mol. The van der Waals surface area contributed by atoms with Gasteiger partial charge in [-0.05, 0) is 64.7 Å². The minimum Gasteiger partial charge on any atom is -0.508 e. The Morgan fingerprint density at radius 2 is 1.80 bits per heavy atom. The average molecular weight is 540 g/mol. The van der Waals surface area contributed by atoms with E-state index in [9.17, 15) is 18.3 Å². The quantitative estimate of drug-likeness (QED) is 0.218. The minimum atomic E-state index is -2.63. The molecule has 0 saturated carbocycles. The largest absolute Gasteiger partial charge is 0.508 e. The first-order chi connectivity index (χ1) is 19.3. The molecule has 0 unspecified atom stereocenters. The Kier molecular flexibility index (Phi) is 5.64. The van der Waals surface area contributed by atoms with Crippen LogP contribution in [0.5, 0.6) is 5.75 Å². The van der Waals surface area contributed by atoms with Gasteiger partial charge < -0.3 is 10.1 Å². The molecule has 6 nitrogen and oxygen atoms in total. The molecule has 0 radical (unpaired) electrons. The molecule has 0 atom stereocenters. The number of aromatic amines is 2. The SMILES string of the molecule is Oc1cc(F)cc(-c2cccc3[nH]c(-c4n[nH]c5ccc(-c6cncc(CN7CCC(F)(F)C7)c6)cc45)cc23)c1. The van der Waals surface area contributed by atoms with Gasteiger partial charge in [0.25, 0.3) is 5.92 Å². The number of hydrogen-bond acceptors (Lipinski definition) is 4. The molecule has 40 heavy (non-hydrogen) atoms. The van der Waals surface area contributed by atoms with Crippen molar-refractivity contribution in [1.29, 1.82) is 0 Å². The second-order valence-electron chi connectivity index (χ2n) is 10.4. The summed E-state index contributed by atoms with van der Waals surface area (Å²) in [5.74, 6) is -3.27. The summed E-state index contributed by atoms with van der Waals surface area (Å²) in [6.45, 7) is 0.568. The van der Waals surface area contributed by atoms with Crippen LogP contribution in [-0.4, -0.2) is 49.2 Å². The highest BCUT2D eigenvalue weighted by atomic mass is 19.3. The molecule has 0 aliphatic carbocycles. The molecule has 0 bridgehead atoms. The predicted octanol–water partition coefficient (Wildman–Crippen LogP) is 7.13. The lowest BCUT2D eigenvalue weighted by Gasteiger charge is -2.15. The third-order valence-electron chi connectivity index (χ3n) is 7.46. The van der Waals surface area contributed by atoms with Gasteiger partial charge in [-0.2, -0.15) is 5.10 Å². The smallest absolute Gasteiger partial charge is 0.261 e. The maximum atomic E-state index is 14.0. The maximum Gasteiger partial charge on any atom is 0.261 e. The van der Waals surface area contributed by atoms with E-state index in [1.54, 1.807) is 17.3 Å². The highest BCUT2D eigenvalue weighted by molar-refractivity contribution is 6.02. The van der Waals surface area contributed by atoms with Crippen molar-refractivity contribution in [1.82, 2.24) is 25.1 Å². The molecule has 9 heteroatoms. The normalized spacial score (nSPS) is 15.4. The number of aromatic nitrogens is 4. The van der Waals surface area contributed by atoms with E-state index in [-0.39, 0.29) is 18.7 Å². The zero-order chi connectivity index (χ0) is 27.4. The number of rotatable bonds is 5. The molecule has 3 aromatic heterocycles. The fourth-order valence-corrected chi connectivity index (χ4v) is 5.60. The standard InChI is InChI=1S/C31H24F3N5O/c32-22-9-20(10-23(40)12-22)24-2-1-3-27-25(24)13-29(36-27)30-26-11-19(4-5-28(26)37-38-30)21-8-18(14-35-15-21)16-39-7-6-31(33,34)17-39/h1-5,8-15,36,40H,6-7,16-17H2,(H,37,38). The number of halogens is 3. The summed E-state index contributed by atoms with van der Waals surface area (Å²) < 4.78 is 41.3. The van der Waals surface area contributed by atoms with Gasteiger partial charge in [0.15, 0.2) is 0 Å². The fourth-order valence-electron chi connectivity index (χ4n) is 5.60. The molecule has 3 N–H and O–H groups in total. The van der Waals surface area contributed by atoms with Gasteiger partial charge in [0.05, 0.1) is 17.8 Å². The Hall–Kier alpha value is -4.63. The summed E-state index contributed by atoms with van der Waals surface area (Å²) >= 11 is 0. The summed E-state index contributed by atoms with van der Waals surface area (Å²) in [7, 11) is 0. The van der Waals surface area contributed by atoms with Crippen molar-refractivity contribution in [2.24, 2.45) is 0 Å². The molecule has 7 rings (SSSR count). The molecule has 200 valence electrons. The number of alkyl halides is 2. The Morgan fingerprint density at radius 1 is 0.900 bits per heavy atom. The maximum absolute atomic E-state index is 14.0. The number of phenolic OH excluding ortho intramolecular Hbond substituents is 1. The Balaban J connectivity index is 1.25. The minimum absolute atomic E-state index is 0.111. The molecular formula is C31H24F3N5O. The van der Waals surface area contributed by atoms with E-state index < -0.39 is 11.7 Å². The lowest BCUT2D eigenvalue weighted by Crippen LogP contribution is -2.24. The van der Waals surface area contributed by atoms with E-state index in [2.05, 4.69) is 20.2 Å². The van der Waals surface area contributed by atoms with Crippen molar-refractivity contribution >= 4 is 21.8 Å². The van der Waals surface area contributed by atoms with Crippen molar-refractivity contribution in [2.75, 3.05) is 13.1 Å². The van der Waals surface area contributed by atoms with Crippen LogP contribution in [0.1, 0.15) is 12.0 Å². The second kappa shape index (κ2) is 9.24. The van der Waals surface area contributed by atoms with E-state index in [4.69, 9.17) is 0 Å². The van der Waals surface area contributed by atoms with Crippen LogP contribution in [0, 0.1) is 5.82 Å². The predicted molar refractivity (Wildman–Crippen MR) is 149 cm³/mol. The van der Waals surface area contributed by atoms with Crippen LogP contribution in [0.4, 0.5) is 13.2 Å². The molecular weight excluding hydrogens is 515 g/mol. The number of hydrogen-bond donors (Lipinski definition) is 3. The number of phenols is 1. The van der Waals surface area contributed by atoms with Gasteiger partial charge in [-0.1, -0.05) is 18.2 Å². The van der Waals surface area contributed by atoms with Gasteiger partial charge >= 0.3 is 0 Å². The molecule has 1 fully saturated rings. The highest BCUT2D eigenvalue weighted by Gasteiger charge is 2.37. The van der Waals surface area contributed by atoms with Crippen LogP contribution in [-0.2, 0) is 6.54 Å². The number of nitrogens with one attached hydrogen (secondary N) is 2. The molecule has 3 aromatic carbocycles. The topological polar surface area (TPSA) is 80.8 Å². The number of aromatic hydroxyl groups is 1. The van der Waals surface area contributed by atoms with Crippen molar-refractivity contribution in [3.05, 3.63) is 90.5 Å². The van der Waals surface area contributed by atoms with Crippen molar-refractivity contribution < 1.29 is 18.3 Å². The number of benzene rings is 3. The van der Waals surface area contributed by atoms with Gasteiger partial charge in [0, 0.05) is 59.8 Å². The van der Waals surface area contributed by atoms with Gasteiger partial charge in [0.1, 0.15) is 17.3 Å². The number of H-pyrrole nitrogens is 2. The first kappa shape index (κ1) is 24.4. The Bertz CT molecular complexity index is 1870. The van der Waals surface area contributed by atoms with Crippen LogP contribution < -0.4 is 0 Å². The molecule has 1 aliphatic rings. The number of pyridine rings is 1. The Morgan fingerprint density at radius 3 is 2.62 bits per heavy atom. The number of fused-ring (bicyclic) bond motifs is 2. The van der Waals surface area contributed by atoms with E-state index in [1.165, 1.54) is 12.1 Å². The first-order valence-electron chi connectivity index (χ1n) is 13.0. The zero-order valence-electron chi connectivity index (χ0n) is 21.3. The van der Waals surface area contributed by atoms with Crippen LogP contribution in [0.3, 0.4) is 0 Å². The van der Waals surface area contributed by atoms with Gasteiger partial charge in [0.2, 0.25) is 0 Å². The van der Waals surface area contributed by atoms with Crippen LogP contribution in [0.2, 0.25) is 0 Å². The summed E-state index contributed by atoms with van der Waals surface area (Å²) in [4.78, 5) is 9.56. The van der Waals surface area contributed by atoms with Gasteiger partial charge in [-0.15, -0.1) is 0 Å². The van der Waals surface area contributed by atoms with E-state index in [1.807, 2.05) is 48.5 Å². The van der Waals surface area contributed by atoms with Crippen LogP contribution in [0.15, 0.2) is 79.1 Å². The molecule has 1 aliphatic heterocycles. The fraction of sp³-hybridized carbons (Fsp3) is 0.161. The zero-order valence-corrected chi connectivity index (χ0v) is 21.3. The van der Waals surface area contributed by atoms with E-state index >= 15 is 0 Å². The molecule has 4 heterocycles. The number of nitrogens with zero attached hydrogens (tertiary/aromatic N) is 3. The third kappa shape index (κ3) is 4.48. The second-order valence-corrected chi connectivity index (χ2v) is 10.4. The van der Waals surface area contributed by atoms with Gasteiger partial charge in [-0.25, -0.2) is 13.2 Å². The lowest BCUT2D eigenvalue weighted by atomic mass is 10.0. The van der Waals surface area contributed by atoms with Crippen LogP contribution in [0.25, 0.3) is 55.4 Å². The van der Waals surface area contributed by atoms with Crippen LogP contribution >= 0.6 is 0 Å². The van der Waals surface area contributed by atoms with E-state index in [0.29, 0.717) is 18.7 Å². The van der Waals surface area contributed by atoms with E-state index in [0.717, 1.165) is 61.5 Å². The summed E-state index contributed by atoms with van der Waals surface area (Å²) in [6, 6.07) is 19.7. The third-order valence-corrected chi connectivity index (χ3v) is 7.46.